The molecular weight excluding hydrogens is 354 g/mol. The van der Waals surface area contributed by atoms with Gasteiger partial charge in [0.1, 0.15) is 11.5 Å². The van der Waals surface area contributed by atoms with E-state index >= 15 is 0 Å². The van der Waals surface area contributed by atoms with Gasteiger partial charge in [0.15, 0.2) is 6.10 Å². The van der Waals surface area contributed by atoms with Crippen LogP contribution in [-0.4, -0.2) is 18.0 Å². The molecule has 0 bridgehead atoms. The standard InChI is InChI=1S/C23H21NO4/c1-16-7-6-8-19(15-16)24-22(25)17(2)27-23(26)18-11-13-21(14-12-18)28-20-9-4-3-5-10-20/h3-15,17H,1-2H3,(H,24,25)/t17-/m0/s1. The van der Waals surface area contributed by atoms with E-state index in [1.165, 1.54) is 6.92 Å². The van der Waals surface area contributed by atoms with Crippen molar-refractivity contribution in [2.75, 3.05) is 5.32 Å². The molecule has 0 aliphatic carbocycles. The predicted octanol–water partition coefficient (Wildman–Crippen LogP) is 4.97. The number of carbonyl (C=O) groups is 2. The van der Waals surface area contributed by atoms with E-state index in [-0.39, 0.29) is 5.91 Å². The van der Waals surface area contributed by atoms with Gasteiger partial charge in [0.25, 0.3) is 5.91 Å². The highest BCUT2D eigenvalue weighted by atomic mass is 16.5. The second-order valence-electron chi connectivity index (χ2n) is 6.35. The van der Waals surface area contributed by atoms with E-state index in [1.807, 2.05) is 55.5 Å². The highest BCUT2D eigenvalue weighted by molar-refractivity contribution is 5.97. The Morgan fingerprint density at radius 1 is 0.857 bits per heavy atom. The monoisotopic (exact) mass is 375 g/mol. The second kappa shape index (κ2) is 8.86. The van der Waals surface area contributed by atoms with Crippen molar-refractivity contribution in [1.29, 1.82) is 0 Å². The topological polar surface area (TPSA) is 64.6 Å². The van der Waals surface area contributed by atoms with Crippen molar-refractivity contribution in [3.8, 4) is 11.5 Å². The number of esters is 1. The van der Waals surface area contributed by atoms with E-state index in [0.717, 1.165) is 5.56 Å². The molecule has 0 saturated carbocycles. The van der Waals surface area contributed by atoms with E-state index in [4.69, 9.17) is 9.47 Å². The number of amides is 1. The van der Waals surface area contributed by atoms with Gasteiger partial charge in [-0.15, -0.1) is 0 Å². The normalized spacial score (nSPS) is 11.4. The Kier molecular flexibility index (Phi) is 6.07. The number of ether oxygens (including phenoxy) is 2. The van der Waals surface area contributed by atoms with E-state index in [0.29, 0.717) is 22.7 Å². The summed E-state index contributed by atoms with van der Waals surface area (Å²) in [7, 11) is 0. The molecule has 0 aliphatic heterocycles. The molecule has 0 unspecified atom stereocenters. The fourth-order valence-electron chi connectivity index (χ4n) is 2.53. The number of para-hydroxylation sites is 1. The third-order valence-electron chi connectivity index (χ3n) is 4.01. The number of carbonyl (C=O) groups excluding carboxylic acids is 2. The first-order valence-electron chi connectivity index (χ1n) is 8.93. The molecule has 3 rings (SSSR count). The molecule has 1 amide bonds. The lowest BCUT2D eigenvalue weighted by molar-refractivity contribution is -0.123. The summed E-state index contributed by atoms with van der Waals surface area (Å²) in [6.07, 6.45) is -0.923. The minimum atomic E-state index is -0.923. The van der Waals surface area contributed by atoms with Crippen LogP contribution in [0, 0.1) is 6.92 Å². The molecule has 142 valence electrons. The average molecular weight is 375 g/mol. The van der Waals surface area contributed by atoms with Gasteiger partial charge in [-0.05, 0) is 67.9 Å². The van der Waals surface area contributed by atoms with Crippen molar-refractivity contribution in [2.24, 2.45) is 0 Å². The zero-order valence-electron chi connectivity index (χ0n) is 15.7. The molecule has 5 nitrogen and oxygen atoms in total. The van der Waals surface area contributed by atoms with Crippen LogP contribution in [0.2, 0.25) is 0 Å². The number of rotatable bonds is 6. The van der Waals surface area contributed by atoms with Gasteiger partial charge >= 0.3 is 5.97 Å². The van der Waals surface area contributed by atoms with Crippen molar-refractivity contribution in [3.05, 3.63) is 90.0 Å². The molecular formula is C23H21NO4. The van der Waals surface area contributed by atoms with Crippen LogP contribution in [0.1, 0.15) is 22.8 Å². The molecule has 0 fully saturated rings. The SMILES string of the molecule is Cc1cccc(NC(=O)[C@H](C)OC(=O)c2ccc(Oc3ccccc3)cc2)c1. The molecule has 28 heavy (non-hydrogen) atoms. The Labute approximate surface area is 163 Å². The van der Waals surface area contributed by atoms with Gasteiger partial charge < -0.3 is 14.8 Å². The molecule has 0 saturated heterocycles. The summed E-state index contributed by atoms with van der Waals surface area (Å²) in [6, 6.07) is 23.3. The smallest absolute Gasteiger partial charge is 0.338 e. The van der Waals surface area contributed by atoms with Crippen molar-refractivity contribution in [3.63, 3.8) is 0 Å². The van der Waals surface area contributed by atoms with Crippen LogP contribution in [0.4, 0.5) is 5.69 Å². The summed E-state index contributed by atoms with van der Waals surface area (Å²) in [5.74, 6) is 0.355. The van der Waals surface area contributed by atoms with Crippen molar-refractivity contribution < 1.29 is 19.1 Å². The van der Waals surface area contributed by atoms with E-state index in [9.17, 15) is 9.59 Å². The third-order valence-corrected chi connectivity index (χ3v) is 4.01. The lowest BCUT2D eigenvalue weighted by atomic mass is 10.2. The number of hydrogen-bond acceptors (Lipinski definition) is 4. The molecule has 0 aromatic heterocycles. The zero-order valence-corrected chi connectivity index (χ0v) is 15.7. The molecule has 3 aromatic carbocycles. The van der Waals surface area contributed by atoms with Crippen LogP contribution < -0.4 is 10.1 Å². The molecule has 0 aliphatic rings. The van der Waals surface area contributed by atoms with Gasteiger partial charge in [-0.3, -0.25) is 4.79 Å². The van der Waals surface area contributed by atoms with Crippen LogP contribution in [0.3, 0.4) is 0 Å². The van der Waals surface area contributed by atoms with Gasteiger partial charge in [0.05, 0.1) is 5.56 Å². The maximum atomic E-state index is 12.3. The molecule has 3 aromatic rings. The molecule has 0 spiro atoms. The van der Waals surface area contributed by atoms with Gasteiger partial charge in [-0.25, -0.2) is 4.79 Å². The molecule has 0 heterocycles. The van der Waals surface area contributed by atoms with Crippen molar-refractivity contribution in [1.82, 2.24) is 0 Å². The van der Waals surface area contributed by atoms with Gasteiger partial charge in [0, 0.05) is 5.69 Å². The number of anilines is 1. The highest BCUT2D eigenvalue weighted by Crippen LogP contribution is 2.21. The van der Waals surface area contributed by atoms with E-state index in [1.54, 1.807) is 30.3 Å². The fourth-order valence-corrected chi connectivity index (χ4v) is 2.53. The van der Waals surface area contributed by atoms with E-state index in [2.05, 4.69) is 5.32 Å². The fraction of sp³-hybridized carbons (Fsp3) is 0.130. The first kappa shape index (κ1) is 19.2. The van der Waals surface area contributed by atoms with Gasteiger partial charge in [-0.2, -0.15) is 0 Å². The summed E-state index contributed by atoms with van der Waals surface area (Å²) >= 11 is 0. The minimum Gasteiger partial charge on any atom is -0.457 e. The van der Waals surface area contributed by atoms with E-state index < -0.39 is 12.1 Å². The Bertz CT molecular complexity index is 952. The number of hydrogen-bond donors (Lipinski definition) is 1. The Morgan fingerprint density at radius 3 is 2.21 bits per heavy atom. The summed E-state index contributed by atoms with van der Waals surface area (Å²) in [5.41, 5.74) is 2.03. The van der Waals surface area contributed by atoms with Crippen LogP contribution >= 0.6 is 0 Å². The molecule has 5 heteroatoms. The van der Waals surface area contributed by atoms with Crippen molar-refractivity contribution in [2.45, 2.75) is 20.0 Å². The highest BCUT2D eigenvalue weighted by Gasteiger charge is 2.19. The summed E-state index contributed by atoms with van der Waals surface area (Å²) in [6.45, 7) is 3.47. The molecule has 1 atom stereocenters. The largest absolute Gasteiger partial charge is 0.457 e. The van der Waals surface area contributed by atoms with Crippen LogP contribution in [-0.2, 0) is 9.53 Å². The summed E-state index contributed by atoms with van der Waals surface area (Å²) in [4.78, 5) is 24.5. The number of benzene rings is 3. The number of nitrogens with one attached hydrogen (secondary N) is 1. The van der Waals surface area contributed by atoms with Gasteiger partial charge in [0.2, 0.25) is 0 Å². The van der Waals surface area contributed by atoms with Crippen LogP contribution in [0.25, 0.3) is 0 Å². The average Bonchev–Trinajstić information content (AvgIpc) is 2.69. The maximum absolute atomic E-state index is 12.3. The second-order valence-corrected chi connectivity index (χ2v) is 6.35. The first-order chi connectivity index (χ1) is 13.5. The third kappa shape index (κ3) is 5.20. The Hall–Kier alpha value is -3.60. The lowest BCUT2D eigenvalue weighted by Crippen LogP contribution is -2.30. The predicted molar refractivity (Wildman–Crippen MR) is 108 cm³/mol. The quantitative estimate of drug-likeness (QED) is 0.618. The lowest BCUT2D eigenvalue weighted by Gasteiger charge is -2.14. The van der Waals surface area contributed by atoms with Crippen LogP contribution in [0.5, 0.6) is 11.5 Å². The van der Waals surface area contributed by atoms with Crippen LogP contribution in [0.15, 0.2) is 78.9 Å². The Balaban J connectivity index is 1.56. The Morgan fingerprint density at radius 2 is 1.54 bits per heavy atom. The maximum Gasteiger partial charge on any atom is 0.338 e. The number of aryl methyl sites for hydroxylation is 1. The molecule has 0 radical (unpaired) electrons. The van der Waals surface area contributed by atoms with Crippen molar-refractivity contribution >= 4 is 17.6 Å². The first-order valence-corrected chi connectivity index (χ1v) is 8.93. The summed E-state index contributed by atoms with van der Waals surface area (Å²) < 4.78 is 11.0. The summed E-state index contributed by atoms with van der Waals surface area (Å²) in [5, 5.41) is 2.74. The van der Waals surface area contributed by atoms with Gasteiger partial charge in [-0.1, -0.05) is 30.3 Å². The molecule has 1 N–H and O–H groups in total. The zero-order chi connectivity index (χ0) is 19.9. The minimum absolute atomic E-state index is 0.343.